The summed E-state index contributed by atoms with van der Waals surface area (Å²) in [6, 6.07) is 8.63. The average Bonchev–Trinajstić information content (AvgIpc) is 3.46. The van der Waals surface area contributed by atoms with Crippen molar-refractivity contribution in [1.82, 2.24) is 14.4 Å². The fourth-order valence-corrected chi connectivity index (χ4v) is 6.77. The molecule has 1 amide bonds. The number of aryl methyl sites for hydroxylation is 2. The summed E-state index contributed by atoms with van der Waals surface area (Å²) in [4.78, 5) is 18.6. The normalized spacial score (nSPS) is 17.1. The lowest BCUT2D eigenvalue weighted by atomic mass is 9.99. The summed E-state index contributed by atoms with van der Waals surface area (Å²) in [6.45, 7) is 4.18. The Bertz CT molecular complexity index is 1230. The summed E-state index contributed by atoms with van der Waals surface area (Å²) in [5, 5.41) is 6.83. The Morgan fingerprint density at radius 2 is 2.09 bits per heavy atom. The van der Waals surface area contributed by atoms with Crippen molar-refractivity contribution in [2.45, 2.75) is 38.0 Å². The molecule has 3 aromatic rings. The Morgan fingerprint density at radius 1 is 1.33 bits per heavy atom. The number of carbonyl (C=O) groups excluding carboxylic acids is 1. The van der Waals surface area contributed by atoms with Crippen LogP contribution in [-0.2, 0) is 21.2 Å². The molecule has 1 aliphatic heterocycles. The molecule has 1 saturated heterocycles. The number of anilines is 1. The van der Waals surface area contributed by atoms with E-state index in [9.17, 15) is 13.2 Å². The quantitative estimate of drug-likeness (QED) is 0.537. The Morgan fingerprint density at radius 3 is 2.76 bits per heavy atom. The highest BCUT2D eigenvalue weighted by atomic mass is 32.2. The number of methoxy groups -OCH3 is 1. The third kappa shape index (κ3) is 4.94. The van der Waals surface area contributed by atoms with Crippen molar-refractivity contribution in [3.63, 3.8) is 0 Å². The number of aromatic nitrogens is 2. The van der Waals surface area contributed by atoms with Crippen molar-refractivity contribution in [2.24, 2.45) is 5.92 Å². The van der Waals surface area contributed by atoms with Gasteiger partial charge in [-0.05, 0) is 50.1 Å². The van der Waals surface area contributed by atoms with E-state index in [1.54, 1.807) is 44.4 Å². The minimum atomic E-state index is -3.77. The molecule has 1 fully saturated rings. The van der Waals surface area contributed by atoms with Gasteiger partial charge in [0.25, 0.3) is 0 Å². The highest BCUT2D eigenvalue weighted by Gasteiger charge is 2.35. The smallest absolute Gasteiger partial charge is 0.244 e. The summed E-state index contributed by atoms with van der Waals surface area (Å²) in [7, 11) is -2.19. The molecular weight excluding hydrogens is 464 g/mol. The molecule has 1 unspecified atom stereocenters. The minimum Gasteiger partial charge on any atom is -0.497 e. The Hall–Kier alpha value is -2.76. The summed E-state index contributed by atoms with van der Waals surface area (Å²) in [5.41, 5.74) is 0.644. The van der Waals surface area contributed by atoms with Crippen LogP contribution in [0, 0.1) is 12.8 Å². The highest BCUT2D eigenvalue weighted by molar-refractivity contribution is 7.89. The van der Waals surface area contributed by atoms with Crippen LogP contribution in [0.25, 0.3) is 10.7 Å². The van der Waals surface area contributed by atoms with E-state index in [2.05, 4.69) is 15.5 Å². The van der Waals surface area contributed by atoms with E-state index in [1.165, 1.54) is 15.6 Å². The summed E-state index contributed by atoms with van der Waals surface area (Å²) < 4.78 is 38.6. The molecular formula is C22H26N4O5S2. The second-order valence-electron chi connectivity index (χ2n) is 7.82. The van der Waals surface area contributed by atoms with Crippen LogP contribution in [0.1, 0.15) is 30.5 Å². The van der Waals surface area contributed by atoms with Crippen molar-refractivity contribution in [2.75, 3.05) is 25.5 Å². The third-order valence-corrected chi connectivity index (χ3v) is 8.76. The molecule has 33 heavy (non-hydrogen) atoms. The molecule has 1 N–H and O–H groups in total. The molecule has 176 valence electrons. The molecule has 0 bridgehead atoms. The van der Waals surface area contributed by atoms with E-state index in [0.717, 1.165) is 0 Å². The first-order valence-corrected chi connectivity index (χ1v) is 13.0. The van der Waals surface area contributed by atoms with Crippen LogP contribution in [-0.4, -0.2) is 49.0 Å². The SMILES string of the molecule is CCc1nc(-c2cc(S(=O)(=O)N3CCCC(C(=O)Nc4ccc(OC)cc4)C3)c(C)s2)no1. The van der Waals surface area contributed by atoms with Gasteiger partial charge in [-0.2, -0.15) is 9.29 Å². The molecule has 11 heteroatoms. The molecule has 0 radical (unpaired) electrons. The van der Waals surface area contributed by atoms with Crippen LogP contribution < -0.4 is 10.1 Å². The summed E-state index contributed by atoms with van der Waals surface area (Å²) in [6.07, 6.45) is 1.85. The van der Waals surface area contributed by atoms with Crippen LogP contribution in [0.5, 0.6) is 5.75 Å². The first-order chi connectivity index (χ1) is 15.8. The maximum atomic E-state index is 13.4. The van der Waals surface area contributed by atoms with Gasteiger partial charge in [0.15, 0.2) is 0 Å². The topological polar surface area (TPSA) is 115 Å². The average molecular weight is 491 g/mol. The number of benzene rings is 1. The van der Waals surface area contributed by atoms with Gasteiger partial charge < -0.3 is 14.6 Å². The lowest BCUT2D eigenvalue weighted by Crippen LogP contribution is -2.43. The van der Waals surface area contributed by atoms with Gasteiger partial charge in [0.2, 0.25) is 27.6 Å². The van der Waals surface area contributed by atoms with Gasteiger partial charge in [0, 0.05) is 30.1 Å². The van der Waals surface area contributed by atoms with Crippen molar-refractivity contribution in [3.05, 3.63) is 41.1 Å². The van der Waals surface area contributed by atoms with Crippen LogP contribution in [0.15, 0.2) is 39.8 Å². The number of hydrogen-bond acceptors (Lipinski definition) is 8. The zero-order valence-corrected chi connectivity index (χ0v) is 20.3. The summed E-state index contributed by atoms with van der Waals surface area (Å²) >= 11 is 1.31. The van der Waals surface area contributed by atoms with Gasteiger partial charge in [-0.25, -0.2) is 8.42 Å². The zero-order chi connectivity index (χ0) is 23.6. The standard InChI is InChI=1S/C22H26N4O5S2/c1-4-20-24-21(25-31-20)18-12-19(14(2)32-18)33(28,29)26-11-5-6-15(13-26)22(27)23-16-7-9-17(30-3)10-8-16/h7-10,12,15H,4-6,11,13H2,1-3H3,(H,23,27). The highest BCUT2D eigenvalue weighted by Crippen LogP contribution is 2.35. The lowest BCUT2D eigenvalue weighted by molar-refractivity contribution is -0.120. The van der Waals surface area contributed by atoms with Crippen LogP contribution in [0.4, 0.5) is 5.69 Å². The van der Waals surface area contributed by atoms with Crippen LogP contribution >= 0.6 is 11.3 Å². The molecule has 1 aromatic carbocycles. The van der Waals surface area contributed by atoms with Crippen molar-refractivity contribution < 1.29 is 22.5 Å². The number of piperidine rings is 1. The van der Waals surface area contributed by atoms with E-state index >= 15 is 0 Å². The Kier molecular flexibility index (Phi) is 6.82. The number of thiophene rings is 1. The molecule has 0 aliphatic carbocycles. The van der Waals surface area contributed by atoms with E-state index < -0.39 is 15.9 Å². The molecule has 2 aromatic heterocycles. The van der Waals surface area contributed by atoms with Crippen molar-refractivity contribution in [3.8, 4) is 16.5 Å². The molecule has 1 aliphatic rings. The molecule has 0 saturated carbocycles. The monoisotopic (exact) mass is 490 g/mol. The number of sulfonamides is 1. The second kappa shape index (κ2) is 9.62. The molecule has 0 spiro atoms. The minimum absolute atomic E-state index is 0.136. The molecule has 1 atom stereocenters. The number of hydrogen-bond donors (Lipinski definition) is 1. The predicted molar refractivity (Wildman–Crippen MR) is 125 cm³/mol. The van der Waals surface area contributed by atoms with Crippen LogP contribution in [0.2, 0.25) is 0 Å². The third-order valence-electron chi connectivity index (χ3n) is 5.59. The number of nitrogens with zero attached hydrogens (tertiary/aromatic N) is 3. The van der Waals surface area contributed by atoms with Gasteiger partial charge in [0.05, 0.1) is 22.8 Å². The maximum Gasteiger partial charge on any atom is 0.244 e. The van der Waals surface area contributed by atoms with E-state index in [4.69, 9.17) is 9.26 Å². The first-order valence-electron chi connectivity index (χ1n) is 10.7. The van der Waals surface area contributed by atoms with Crippen molar-refractivity contribution >= 4 is 33.0 Å². The maximum absolute atomic E-state index is 13.4. The number of rotatable bonds is 7. The fourth-order valence-electron chi connectivity index (χ4n) is 3.76. The summed E-state index contributed by atoms with van der Waals surface area (Å²) in [5.74, 6) is 0.958. The fraction of sp³-hybridized carbons (Fsp3) is 0.409. The zero-order valence-electron chi connectivity index (χ0n) is 18.7. The second-order valence-corrected chi connectivity index (χ2v) is 11.0. The Balaban J connectivity index is 1.49. The van der Waals surface area contributed by atoms with E-state index in [-0.39, 0.29) is 17.3 Å². The molecule has 4 rings (SSSR count). The van der Waals surface area contributed by atoms with Crippen LogP contribution in [0.3, 0.4) is 0 Å². The molecule has 9 nitrogen and oxygen atoms in total. The molecule has 3 heterocycles. The number of carbonyl (C=O) groups is 1. The van der Waals surface area contributed by atoms with Gasteiger partial charge in [-0.3, -0.25) is 4.79 Å². The number of nitrogens with one attached hydrogen (secondary N) is 1. The largest absolute Gasteiger partial charge is 0.497 e. The number of amides is 1. The Labute approximate surface area is 196 Å². The first kappa shape index (κ1) is 23.4. The van der Waals surface area contributed by atoms with E-state index in [0.29, 0.717) is 58.7 Å². The van der Waals surface area contributed by atoms with Gasteiger partial charge in [-0.1, -0.05) is 12.1 Å². The van der Waals surface area contributed by atoms with Crippen molar-refractivity contribution in [1.29, 1.82) is 0 Å². The van der Waals surface area contributed by atoms with E-state index in [1.807, 2.05) is 6.92 Å². The lowest BCUT2D eigenvalue weighted by Gasteiger charge is -2.31. The van der Waals surface area contributed by atoms with Gasteiger partial charge in [-0.15, -0.1) is 11.3 Å². The predicted octanol–water partition coefficient (Wildman–Crippen LogP) is 3.72. The number of ether oxygens (including phenoxy) is 1. The van der Waals surface area contributed by atoms with Gasteiger partial charge >= 0.3 is 0 Å². The van der Waals surface area contributed by atoms with Gasteiger partial charge in [0.1, 0.15) is 5.75 Å².